The molecule has 0 saturated carbocycles. The predicted octanol–water partition coefficient (Wildman–Crippen LogP) is -0.595. The van der Waals surface area contributed by atoms with E-state index in [2.05, 4.69) is 0 Å². The summed E-state index contributed by atoms with van der Waals surface area (Å²) in [6.07, 6.45) is 0.132. The van der Waals surface area contributed by atoms with Gasteiger partial charge in [-0.2, -0.15) is 0 Å². The molecule has 2 amide bonds. The van der Waals surface area contributed by atoms with Crippen molar-refractivity contribution in [3.05, 3.63) is 29.8 Å². The Morgan fingerprint density at radius 3 is 2.61 bits per heavy atom. The van der Waals surface area contributed by atoms with E-state index in [1.54, 1.807) is 24.3 Å². The number of nitrogens with zero attached hydrogens (tertiary/aromatic N) is 1. The van der Waals surface area contributed by atoms with Crippen LogP contribution in [0.15, 0.2) is 24.3 Å². The summed E-state index contributed by atoms with van der Waals surface area (Å²) < 4.78 is 10.4. The molecule has 0 aliphatic carbocycles. The third kappa shape index (κ3) is 4.68. The van der Waals surface area contributed by atoms with E-state index in [0.717, 1.165) is 5.56 Å². The summed E-state index contributed by atoms with van der Waals surface area (Å²) in [5.74, 6) is -1.50. The van der Waals surface area contributed by atoms with Crippen LogP contribution in [-0.2, 0) is 25.5 Å². The molecular weight excluding hydrogens is 304 g/mol. The fourth-order valence-corrected chi connectivity index (χ4v) is 2.24. The Bertz CT molecular complexity index is 586. The number of rotatable bonds is 6. The molecule has 8 nitrogen and oxygen atoms in total. The molecule has 8 heteroatoms. The Balaban J connectivity index is 1.90. The average molecular weight is 322 g/mol. The average Bonchev–Trinajstić information content (AvgIpc) is 2.53. The minimum atomic E-state index is -1.10. The maximum Gasteiger partial charge on any atom is 0.328 e. The molecule has 0 bridgehead atoms. The van der Waals surface area contributed by atoms with Gasteiger partial charge >= 0.3 is 5.97 Å². The molecule has 0 aromatic heterocycles. The maximum absolute atomic E-state index is 12.1. The number of nitrogens with two attached hydrogens (primary N) is 1. The lowest BCUT2D eigenvalue weighted by atomic mass is 10.1. The standard InChI is InChI=1S/C15H18N2O6/c16-13(18)7-10-1-3-11(4-2-10)23-9-14(19)17-5-6-22-8-12(17)15(20)21/h1-4,12H,5-9H2,(H2,16,18)(H,20,21)/t12-/m1/s1. The quantitative estimate of drug-likeness (QED) is 0.722. The van der Waals surface area contributed by atoms with E-state index in [0.29, 0.717) is 12.4 Å². The number of morpholine rings is 1. The number of ether oxygens (including phenoxy) is 2. The number of hydrogen-bond acceptors (Lipinski definition) is 5. The first kappa shape index (κ1) is 16.8. The summed E-state index contributed by atoms with van der Waals surface area (Å²) in [6.45, 7) is 0.232. The highest BCUT2D eigenvalue weighted by molar-refractivity contribution is 5.84. The molecule has 2 rings (SSSR count). The largest absolute Gasteiger partial charge is 0.484 e. The minimum absolute atomic E-state index is 0.0249. The number of carboxylic acids is 1. The molecule has 23 heavy (non-hydrogen) atoms. The van der Waals surface area contributed by atoms with Crippen LogP contribution in [0.25, 0.3) is 0 Å². The molecule has 0 unspecified atom stereocenters. The summed E-state index contributed by atoms with van der Waals surface area (Å²) >= 11 is 0. The number of amides is 2. The molecule has 1 heterocycles. The number of benzene rings is 1. The van der Waals surface area contributed by atoms with Gasteiger partial charge in [0.25, 0.3) is 5.91 Å². The molecule has 0 radical (unpaired) electrons. The highest BCUT2D eigenvalue weighted by Gasteiger charge is 2.32. The van der Waals surface area contributed by atoms with E-state index in [-0.39, 0.29) is 26.2 Å². The molecule has 1 aliphatic rings. The first-order chi connectivity index (χ1) is 11.0. The Kier molecular flexibility index (Phi) is 5.53. The van der Waals surface area contributed by atoms with Gasteiger partial charge in [-0.05, 0) is 17.7 Å². The molecule has 0 spiro atoms. The van der Waals surface area contributed by atoms with Gasteiger partial charge < -0.3 is 25.2 Å². The van der Waals surface area contributed by atoms with Gasteiger partial charge in [0.1, 0.15) is 5.75 Å². The van der Waals surface area contributed by atoms with Gasteiger partial charge in [-0.3, -0.25) is 9.59 Å². The Morgan fingerprint density at radius 2 is 2.00 bits per heavy atom. The van der Waals surface area contributed by atoms with Crippen LogP contribution >= 0.6 is 0 Å². The van der Waals surface area contributed by atoms with E-state index < -0.39 is 23.8 Å². The third-order valence-electron chi connectivity index (χ3n) is 3.40. The SMILES string of the molecule is NC(=O)Cc1ccc(OCC(=O)N2CCOC[C@@H]2C(=O)O)cc1. The molecule has 1 atom stereocenters. The third-order valence-corrected chi connectivity index (χ3v) is 3.40. The fourth-order valence-electron chi connectivity index (χ4n) is 2.24. The van der Waals surface area contributed by atoms with E-state index in [1.807, 2.05) is 0 Å². The first-order valence-corrected chi connectivity index (χ1v) is 7.07. The molecule has 1 aromatic carbocycles. The van der Waals surface area contributed by atoms with E-state index >= 15 is 0 Å². The number of carbonyl (C=O) groups is 3. The van der Waals surface area contributed by atoms with Crippen molar-refractivity contribution in [3.63, 3.8) is 0 Å². The second kappa shape index (κ2) is 7.59. The summed E-state index contributed by atoms with van der Waals surface area (Å²) in [6, 6.07) is 5.62. The van der Waals surface area contributed by atoms with Crippen LogP contribution in [0.3, 0.4) is 0 Å². The Labute approximate surface area is 132 Å². The summed E-state index contributed by atoms with van der Waals surface area (Å²) in [4.78, 5) is 35.3. The van der Waals surface area contributed by atoms with Gasteiger partial charge in [-0.25, -0.2) is 4.79 Å². The molecule has 124 valence electrons. The summed E-state index contributed by atoms with van der Waals surface area (Å²) in [7, 11) is 0. The van der Waals surface area contributed by atoms with Crippen LogP contribution in [0.1, 0.15) is 5.56 Å². The monoisotopic (exact) mass is 322 g/mol. The van der Waals surface area contributed by atoms with Crippen molar-refractivity contribution in [1.82, 2.24) is 4.90 Å². The Hall–Kier alpha value is -2.61. The van der Waals surface area contributed by atoms with Crippen molar-refractivity contribution in [1.29, 1.82) is 0 Å². The van der Waals surface area contributed by atoms with Gasteiger partial charge in [0.2, 0.25) is 5.91 Å². The highest BCUT2D eigenvalue weighted by Crippen LogP contribution is 2.14. The van der Waals surface area contributed by atoms with Crippen LogP contribution in [0, 0.1) is 0 Å². The van der Waals surface area contributed by atoms with E-state index in [9.17, 15) is 14.4 Å². The number of aliphatic carboxylic acids is 1. The van der Waals surface area contributed by atoms with Gasteiger partial charge in [0.15, 0.2) is 12.6 Å². The van der Waals surface area contributed by atoms with E-state index in [4.69, 9.17) is 20.3 Å². The molecule has 3 N–H and O–H groups in total. The molecule has 1 fully saturated rings. The van der Waals surface area contributed by atoms with Crippen LogP contribution in [-0.4, -0.2) is 60.2 Å². The van der Waals surface area contributed by atoms with Gasteiger partial charge in [-0.1, -0.05) is 12.1 Å². The molecular formula is C15H18N2O6. The lowest BCUT2D eigenvalue weighted by molar-refractivity contribution is -0.159. The first-order valence-electron chi connectivity index (χ1n) is 7.07. The minimum Gasteiger partial charge on any atom is -0.484 e. The fraction of sp³-hybridized carbons (Fsp3) is 0.400. The number of carboxylic acid groups (broad SMARTS) is 1. The van der Waals surface area contributed by atoms with Crippen molar-refractivity contribution < 1.29 is 29.0 Å². The summed E-state index contributed by atoms with van der Waals surface area (Å²) in [5.41, 5.74) is 5.85. The van der Waals surface area contributed by atoms with Crippen molar-refractivity contribution in [2.24, 2.45) is 5.73 Å². The van der Waals surface area contributed by atoms with Gasteiger partial charge in [0.05, 0.1) is 19.6 Å². The zero-order chi connectivity index (χ0) is 16.8. The topological polar surface area (TPSA) is 119 Å². The number of carbonyl (C=O) groups excluding carboxylic acids is 2. The number of hydrogen-bond donors (Lipinski definition) is 2. The Morgan fingerprint density at radius 1 is 1.30 bits per heavy atom. The second-order valence-electron chi connectivity index (χ2n) is 5.09. The van der Waals surface area contributed by atoms with Gasteiger partial charge in [-0.15, -0.1) is 0 Å². The van der Waals surface area contributed by atoms with Crippen LogP contribution < -0.4 is 10.5 Å². The maximum atomic E-state index is 12.1. The normalized spacial score (nSPS) is 17.6. The van der Waals surface area contributed by atoms with Crippen molar-refractivity contribution in [2.45, 2.75) is 12.5 Å². The van der Waals surface area contributed by atoms with Crippen molar-refractivity contribution in [2.75, 3.05) is 26.4 Å². The van der Waals surface area contributed by atoms with E-state index in [1.165, 1.54) is 4.90 Å². The van der Waals surface area contributed by atoms with Crippen LogP contribution in [0.4, 0.5) is 0 Å². The van der Waals surface area contributed by atoms with Crippen molar-refractivity contribution >= 4 is 17.8 Å². The van der Waals surface area contributed by atoms with Crippen LogP contribution in [0.2, 0.25) is 0 Å². The number of primary amides is 1. The lowest BCUT2D eigenvalue weighted by Gasteiger charge is -2.32. The molecule has 1 aliphatic heterocycles. The van der Waals surface area contributed by atoms with Gasteiger partial charge in [0, 0.05) is 6.54 Å². The summed E-state index contributed by atoms with van der Waals surface area (Å²) in [5, 5.41) is 9.09. The zero-order valence-corrected chi connectivity index (χ0v) is 12.4. The lowest BCUT2D eigenvalue weighted by Crippen LogP contribution is -2.53. The molecule has 1 aromatic rings. The predicted molar refractivity (Wildman–Crippen MR) is 78.8 cm³/mol. The smallest absolute Gasteiger partial charge is 0.328 e. The van der Waals surface area contributed by atoms with Crippen molar-refractivity contribution in [3.8, 4) is 5.75 Å². The second-order valence-corrected chi connectivity index (χ2v) is 5.09. The van der Waals surface area contributed by atoms with Crippen LogP contribution in [0.5, 0.6) is 5.75 Å². The highest BCUT2D eigenvalue weighted by atomic mass is 16.5. The zero-order valence-electron chi connectivity index (χ0n) is 12.4. The molecule has 1 saturated heterocycles.